The van der Waals surface area contributed by atoms with Gasteiger partial charge in [-0.1, -0.05) is 12.1 Å². The SMILES string of the molecule is O=C(O)c1ccc(CN2CCC(C(=O)c3c(F)cc(F)cc3F)CC2)cc1. The molecule has 0 unspecified atom stereocenters. The Labute approximate surface area is 154 Å². The van der Waals surface area contributed by atoms with Crippen LogP contribution in [0.2, 0.25) is 0 Å². The Morgan fingerprint density at radius 3 is 2.07 bits per heavy atom. The van der Waals surface area contributed by atoms with Crippen molar-refractivity contribution in [1.29, 1.82) is 0 Å². The van der Waals surface area contributed by atoms with Crippen molar-refractivity contribution in [2.24, 2.45) is 5.92 Å². The van der Waals surface area contributed by atoms with Crippen LogP contribution in [0.25, 0.3) is 0 Å². The van der Waals surface area contributed by atoms with Crippen LogP contribution in [-0.4, -0.2) is 34.8 Å². The lowest BCUT2D eigenvalue weighted by atomic mass is 9.88. The number of carboxylic acids is 1. The van der Waals surface area contributed by atoms with Gasteiger partial charge in [0.15, 0.2) is 5.78 Å². The number of carbonyl (C=O) groups is 2. The summed E-state index contributed by atoms with van der Waals surface area (Å²) in [6.45, 7) is 1.74. The number of nitrogens with zero attached hydrogens (tertiary/aromatic N) is 1. The van der Waals surface area contributed by atoms with E-state index in [0.29, 0.717) is 44.6 Å². The molecule has 4 nitrogen and oxygen atoms in total. The Bertz CT molecular complexity index is 836. The van der Waals surface area contributed by atoms with Crippen LogP contribution in [0.5, 0.6) is 0 Å². The molecule has 2 aromatic carbocycles. The molecule has 1 heterocycles. The standard InChI is InChI=1S/C20H18F3NO3/c21-15-9-16(22)18(17(23)10-15)19(25)13-5-7-24(8-6-13)11-12-1-3-14(4-2-12)20(26)27/h1-4,9-10,13H,5-8,11H2,(H,26,27). The van der Waals surface area contributed by atoms with E-state index in [1.807, 2.05) is 0 Å². The zero-order valence-electron chi connectivity index (χ0n) is 14.4. The fraction of sp³-hybridized carbons (Fsp3) is 0.300. The van der Waals surface area contributed by atoms with Crippen LogP contribution in [0.15, 0.2) is 36.4 Å². The Balaban J connectivity index is 1.60. The molecular formula is C20H18F3NO3. The summed E-state index contributed by atoms with van der Waals surface area (Å²) in [4.78, 5) is 25.4. The van der Waals surface area contributed by atoms with E-state index in [9.17, 15) is 22.8 Å². The van der Waals surface area contributed by atoms with Gasteiger partial charge in [-0.15, -0.1) is 0 Å². The predicted octanol–water partition coefficient (Wildman–Crippen LogP) is 3.90. The maximum atomic E-state index is 13.8. The smallest absolute Gasteiger partial charge is 0.335 e. The monoisotopic (exact) mass is 377 g/mol. The van der Waals surface area contributed by atoms with E-state index in [4.69, 9.17) is 5.11 Å². The highest BCUT2D eigenvalue weighted by molar-refractivity contribution is 5.98. The molecule has 3 rings (SSSR count). The lowest BCUT2D eigenvalue weighted by Gasteiger charge is -2.31. The summed E-state index contributed by atoms with van der Waals surface area (Å²) in [6, 6.07) is 7.59. The number of aromatic carboxylic acids is 1. The number of benzene rings is 2. The maximum Gasteiger partial charge on any atom is 0.335 e. The number of piperidine rings is 1. The molecule has 0 spiro atoms. The quantitative estimate of drug-likeness (QED) is 0.803. The average molecular weight is 377 g/mol. The molecule has 1 N–H and O–H groups in total. The van der Waals surface area contributed by atoms with E-state index in [0.717, 1.165) is 5.56 Å². The molecule has 0 amide bonds. The molecule has 0 saturated carbocycles. The molecule has 0 aliphatic carbocycles. The van der Waals surface area contributed by atoms with Crippen LogP contribution in [-0.2, 0) is 6.54 Å². The average Bonchev–Trinajstić information content (AvgIpc) is 2.62. The fourth-order valence-corrected chi connectivity index (χ4v) is 3.35. The fourth-order valence-electron chi connectivity index (χ4n) is 3.35. The number of ketones is 1. The third-order valence-electron chi connectivity index (χ3n) is 4.82. The van der Waals surface area contributed by atoms with Gasteiger partial charge < -0.3 is 5.11 Å². The summed E-state index contributed by atoms with van der Waals surface area (Å²) in [6.07, 6.45) is 0.893. The topological polar surface area (TPSA) is 57.6 Å². The minimum atomic E-state index is -1.17. The number of hydrogen-bond acceptors (Lipinski definition) is 3. The van der Waals surface area contributed by atoms with Crippen LogP contribution in [0.3, 0.4) is 0 Å². The number of hydrogen-bond donors (Lipinski definition) is 1. The highest BCUT2D eigenvalue weighted by Crippen LogP contribution is 2.26. The van der Waals surface area contributed by atoms with Crippen molar-refractivity contribution in [2.75, 3.05) is 13.1 Å². The first-order valence-electron chi connectivity index (χ1n) is 8.58. The van der Waals surface area contributed by atoms with Crippen molar-refractivity contribution in [3.63, 3.8) is 0 Å². The Morgan fingerprint density at radius 1 is 1.00 bits per heavy atom. The van der Waals surface area contributed by atoms with Crippen LogP contribution in [0.4, 0.5) is 13.2 Å². The predicted molar refractivity (Wildman–Crippen MR) is 92.0 cm³/mol. The molecule has 1 aliphatic rings. The molecule has 2 aromatic rings. The van der Waals surface area contributed by atoms with Gasteiger partial charge in [-0.25, -0.2) is 18.0 Å². The number of likely N-dealkylation sites (tertiary alicyclic amines) is 1. The summed E-state index contributed by atoms with van der Waals surface area (Å²) in [5.41, 5.74) is 0.492. The van der Waals surface area contributed by atoms with Gasteiger partial charge in [0, 0.05) is 24.6 Å². The number of Topliss-reactive ketones (excluding diaryl/α,β-unsaturated/α-hetero) is 1. The first-order chi connectivity index (χ1) is 12.8. The van der Waals surface area contributed by atoms with E-state index < -0.39 is 40.7 Å². The van der Waals surface area contributed by atoms with Crippen molar-refractivity contribution in [3.8, 4) is 0 Å². The van der Waals surface area contributed by atoms with Gasteiger partial charge in [0.2, 0.25) is 0 Å². The van der Waals surface area contributed by atoms with Gasteiger partial charge in [-0.3, -0.25) is 9.69 Å². The Kier molecular flexibility index (Phi) is 5.60. The van der Waals surface area contributed by atoms with E-state index >= 15 is 0 Å². The summed E-state index contributed by atoms with van der Waals surface area (Å²) in [5.74, 6) is -5.51. The number of carbonyl (C=O) groups excluding carboxylic acids is 1. The van der Waals surface area contributed by atoms with Crippen LogP contribution in [0, 0.1) is 23.4 Å². The second kappa shape index (κ2) is 7.92. The van der Waals surface area contributed by atoms with Gasteiger partial charge >= 0.3 is 5.97 Å². The zero-order chi connectivity index (χ0) is 19.6. The number of halogens is 3. The van der Waals surface area contributed by atoms with Gasteiger partial charge in [-0.2, -0.15) is 0 Å². The third-order valence-corrected chi connectivity index (χ3v) is 4.82. The normalized spacial score (nSPS) is 15.7. The largest absolute Gasteiger partial charge is 0.478 e. The van der Waals surface area contributed by atoms with Crippen LogP contribution >= 0.6 is 0 Å². The minimum Gasteiger partial charge on any atom is -0.478 e. The van der Waals surface area contributed by atoms with Crippen LogP contribution < -0.4 is 0 Å². The number of rotatable bonds is 5. The van der Waals surface area contributed by atoms with E-state index in [2.05, 4.69) is 4.90 Å². The van der Waals surface area contributed by atoms with Gasteiger partial charge in [0.25, 0.3) is 0 Å². The van der Waals surface area contributed by atoms with Crippen molar-refractivity contribution >= 4 is 11.8 Å². The summed E-state index contributed by atoms with van der Waals surface area (Å²) in [5, 5.41) is 8.91. The lowest BCUT2D eigenvalue weighted by Crippen LogP contribution is -2.36. The molecule has 0 aromatic heterocycles. The molecular weight excluding hydrogens is 359 g/mol. The van der Waals surface area contributed by atoms with Crippen molar-refractivity contribution in [1.82, 2.24) is 4.90 Å². The van der Waals surface area contributed by atoms with Crippen molar-refractivity contribution < 1.29 is 27.9 Å². The lowest BCUT2D eigenvalue weighted by molar-refractivity contribution is 0.0696. The van der Waals surface area contributed by atoms with E-state index in [1.54, 1.807) is 12.1 Å². The zero-order valence-corrected chi connectivity index (χ0v) is 14.4. The van der Waals surface area contributed by atoms with Crippen molar-refractivity contribution in [2.45, 2.75) is 19.4 Å². The van der Waals surface area contributed by atoms with E-state index in [1.165, 1.54) is 12.1 Å². The van der Waals surface area contributed by atoms with Crippen LogP contribution in [0.1, 0.15) is 39.1 Å². The Morgan fingerprint density at radius 2 is 1.56 bits per heavy atom. The molecule has 1 aliphatic heterocycles. The molecule has 1 saturated heterocycles. The molecule has 142 valence electrons. The van der Waals surface area contributed by atoms with E-state index in [-0.39, 0.29) is 5.56 Å². The molecule has 27 heavy (non-hydrogen) atoms. The van der Waals surface area contributed by atoms with Gasteiger partial charge in [0.05, 0.1) is 11.1 Å². The molecule has 1 fully saturated rings. The third kappa shape index (κ3) is 4.36. The minimum absolute atomic E-state index is 0.214. The summed E-state index contributed by atoms with van der Waals surface area (Å²) < 4.78 is 40.6. The van der Waals surface area contributed by atoms with Gasteiger partial charge in [0.1, 0.15) is 17.5 Å². The molecule has 0 radical (unpaired) electrons. The highest BCUT2D eigenvalue weighted by Gasteiger charge is 2.29. The van der Waals surface area contributed by atoms with Gasteiger partial charge in [-0.05, 0) is 43.6 Å². The first-order valence-corrected chi connectivity index (χ1v) is 8.58. The number of carboxylic acid groups (broad SMARTS) is 1. The molecule has 0 bridgehead atoms. The summed E-state index contributed by atoms with van der Waals surface area (Å²) in [7, 11) is 0. The summed E-state index contributed by atoms with van der Waals surface area (Å²) >= 11 is 0. The second-order valence-corrected chi connectivity index (χ2v) is 6.66. The maximum absolute atomic E-state index is 13.8. The highest BCUT2D eigenvalue weighted by atomic mass is 19.1. The Hall–Kier alpha value is -2.67. The van der Waals surface area contributed by atoms with Crippen molar-refractivity contribution in [3.05, 3.63) is 70.5 Å². The molecule has 0 atom stereocenters. The first kappa shape index (κ1) is 19.1. The molecule has 7 heteroatoms. The second-order valence-electron chi connectivity index (χ2n) is 6.66.